The number of aromatic nitrogens is 2. The quantitative estimate of drug-likeness (QED) is 0.657. The summed E-state index contributed by atoms with van der Waals surface area (Å²) >= 11 is 1.34. The van der Waals surface area contributed by atoms with Crippen molar-refractivity contribution in [2.75, 3.05) is 31.9 Å². The van der Waals surface area contributed by atoms with E-state index < -0.39 is 5.25 Å². The average Bonchev–Trinajstić information content (AvgIpc) is 2.93. The lowest BCUT2D eigenvalue weighted by Gasteiger charge is -2.36. The van der Waals surface area contributed by atoms with Crippen LogP contribution in [0.25, 0.3) is 0 Å². The number of aromatic amines is 1. The standard InChI is InChI=1S/C21H27N3O6S/c1-21(2)9-12(5-6-30-21)24-19-16(20(27)23-24)18(31-10-15(25)22-19)11-7-13(28-3)17(26)14(8-11)29-4/h7-8,12,18,26H,5-6,9-10H2,1-4H3,(H,22,25)(H,23,27)/t12-,18-/m0/s1. The number of rotatable bonds is 4. The van der Waals surface area contributed by atoms with Gasteiger partial charge in [0.05, 0.1) is 42.4 Å². The van der Waals surface area contributed by atoms with Crippen LogP contribution in [0, 0.1) is 0 Å². The summed E-state index contributed by atoms with van der Waals surface area (Å²) < 4.78 is 18.2. The number of benzene rings is 1. The van der Waals surface area contributed by atoms with Crippen molar-refractivity contribution in [1.82, 2.24) is 9.78 Å². The van der Waals surface area contributed by atoms with Gasteiger partial charge in [-0.05, 0) is 44.4 Å². The average molecular weight is 450 g/mol. The molecule has 0 spiro atoms. The van der Waals surface area contributed by atoms with Gasteiger partial charge in [0.1, 0.15) is 5.82 Å². The number of methoxy groups -OCH3 is 2. The van der Waals surface area contributed by atoms with Crippen LogP contribution in [0.4, 0.5) is 5.82 Å². The molecule has 0 bridgehead atoms. The van der Waals surface area contributed by atoms with Crippen molar-refractivity contribution in [3.63, 3.8) is 0 Å². The number of H-pyrrole nitrogens is 1. The number of thioether (sulfide) groups is 1. The summed E-state index contributed by atoms with van der Waals surface area (Å²) in [5.41, 5.74) is 0.585. The summed E-state index contributed by atoms with van der Waals surface area (Å²) in [7, 11) is 2.90. The zero-order chi connectivity index (χ0) is 22.3. The van der Waals surface area contributed by atoms with Crippen molar-refractivity contribution in [3.8, 4) is 17.2 Å². The molecule has 1 aromatic carbocycles. The second kappa shape index (κ2) is 8.16. The first kappa shape index (κ1) is 21.6. The lowest BCUT2D eigenvalue weighted by molar-refractivity contribution is -0.113. The Labute approximate surface area is 184 Å². The molecule has 2 aliphatic heterocycles. The number of amides is 1. The molecule has 9 nitrogen and oxygen atoms in total. The molecule has 0 saturated carbocycles. The van der Waals surface area contributed by atoms with Crippen molar-refractivity contribution in [1.29, 1.82) is 0 Å². The molecule has 2 aromatic rings. The number of nitrogens with one attached hydrogen (secondary N) is 2. The summed E-state index contributed by atoms with van der Waals surface area (Å²) in [5.74, 6) is 0.856. The van der Waals surface area contributed by atoms with Crippen LogP contribution in [0.5, 0.6) is 17.2 Å². The Balaban J connectivity index is 1.84. The summed E-state index contributed by atoms with van der Waals surface area (Å²) in [6, 6.07) is 3.33. The minimum atomic E-state index is -0.449. The third-order valence-electron chi connectivity index (χ3n) is 5.70. The molecule has 31 heavy (non-hydrogen) atoms. The van der Waals surface area contributed by atoms with Crippen LogP contribution >= 0.6 is 11.8 Å². The van der Waals surface area contributed by atoms with E-state index in [0.29, 0.717) is 30.0 Å². The summed E-state index contributed by atoms with van der Waals surface area (Å²) in [4.78, 5) is 25.6. The number of nitrogens with zero attached hydrogens (tertiary/aromatic N) is 1. The molecule has 0 radical (unpaired) electrons. The highest BCUT2D eigenvalue weighted by Gasteiger charge is 2.36. The maximum Gasteiger partial charge on any atom is 0.270 e. The van der Waals surface area contributed by atoms with E-state index in [0.717, 1.165) is 6.42 Å². The second-order valence-corrected chi connectivity index (χ2v) is 9.43. The smallest absolute Gasteiger partial charge is 0.270 e. The highest BCUT2D eigenvalue weighted by molar-refractivity contribution is 8.00. The molecule has 1 amide bonds. The van der Waals surface area contributed by atoms with Gasteiger partial charge in [0, 0.05) is 6.61 Å². The monoisotopic (exact) mass is 449 g/mol. The van der Waals surface area contributed by atoms with Crippen LogP contribution in [-0.4, -0.2) is 53.0 Å². The number of ether oxygens (including phenoxy) is 3. The number of hydrogen-bond acceptors (Lipinski definition) is 7. The number of carbonyl (C=O) groups is 1. The van der Waals surface area contributed by atoms with E-state index in [1.54, 1.807) is 16.8 Å². The first-order chi connectivity index (χ1) is 14.7. The van der Waals surface area contributed by atoms with Gasteiger partial charge in [-0.3, -0.25) is 19.4 Å². The van der Waals surface area contributed by atoms with Gasteiger partial charge in [-0.15, -0.1) is 11.8 Å². The Morgan fingerprint density at radius 1 is 1.23 bits per heavy atom. The number of fused-ring (bicyclic) bond motifs is 1. The molecular formula is C21H27N3O6S. The Morgan fingerprint density at radius 2 is 1.90 bits per heavy atom. The van der Waals surface area contributed by atoms with Gasteiger partial charge in [0.15, 0.2) is 11.5 Å². The molecule has 1 fully saturated rings. The molecule has 2 atom stereocenters. The fraction of sp³-hybridized carbons (Fsp3) is 0.524. The predicted octanol–water partition coefficient (Wildman–Crippen LogP) is 2.80. The Hall–Kier alpha value is -2.59. The fourth-order valence-corrected chi connectivity index (χ4v) is 5.37. The zero-order valence-electron chi connectivity index (χ0n) is 18.0. The minimum absolute atomic E-state index is 0.00635. The summed E-state index contributed by atoms with van der Waals surface area (Å²) in [5, 5.41) is 15.7. The SMILES string of the molecule is COc1cc([C@@H]2SCC(=O)Nc3c2c(=O)[nH]n3[C@H]2CCOC(C)(C)C2)cc(OC)c1O. The molecule has 2 aliphatic rings. The topological polar surface area (TPSA) is 115 Å². The number of carbonyl (C=O) groups excluding carboxylic acids is 1. The number of aromatic hydroxyl groups is 1. The van der Waals surface area contributed by atoms with Crippen LogP contribution in [0.1, 0.15) is 49.1 Å². The molecule has 1 aromatic heterocycles. The van der Waals surface area contributed by atoms with Crippen molar-refractivity contribution < 1.29 is 24.1 Å². The van der Waals surface area contributed by atoms with Crippen LogP contribution < -0.4 is 20.3 Å². The van der Waals surface area contributed by atoms with Crippen molar-refractivity contribution in [2.45, 2.75) is 43.6 Å². The first-order valence-corrected chi connectivity index (χ1v) is 11.1. The van der Waals surface area contributed by atoms with E-state index in [1.807, 2.05) is 13.8 Å². The molecule has 3 heterocycles. The van der Waals surface area contributed by atoms with E-state index in [4.69, 9.17) is 14.2 Å². The van der Waals surface area contributed by atoms with E-state index >= 15 is 0 Å². The third kappa shape index (κ3) is 4.01. The number of anilines is 1. The van der Waals surface area contributed by atoms with E-state index in [9.17, 15) is 14.7 Å². The minimum Gasteiger partial charge on any atom is -0.502 e. The summed E-state index contributed by atoms with van der Waals surface area (Å²) in [6.45, 7) is 4.61. The molecule has 1 saturated heterocycles. The van der Waals surface area contributed by atoms with Gasteiger partial charge >= 0.3 is 0 Å². The van der Waals surface area contributed by atoms with Gasteiger partial charge in [0.25, 0.3) is 5.56 Å². The molecule has 3 N–H and O–H groups in total. The molecule has 0 unspecified atom stereocenters. The maximum atomic E-state index is 13.1. The molecule has 168 valence electrons. The first-order valence-electron chi connectivity index (χ1n) is 10.1. The van der Waals surface area contributed by atoms with Gasteiger partial charge in [-0.25, -0.2) is 0 Å². The zero-order valence-corrected chi connectivity index (χ0v) is 18.8. The van der Waals surface area contributed by atoms with Gasteiger partial charge in [-0.2, -0.15) is 0 Å². The number of phenols is 1. The van der Waals surface area contributed by atoms with E-state index in [2.05, 4.69) is 10.4 Å². The molecule has 0 aliphatic carbocycles. The molecular weight excluding hydrogens is 422 g/mol. The lowest BCUT2D eigenvalue weighted by atomic mass is 9.94. The number of hydrogen-bond donors (Lipinski definition) is 3. The van der Waals surface area contributed by atoms with Gasteiger partial charge in [0.2, 0.25) is 11.7 Å². The van der Waals surface area contributed by atoms with E-state index in [1.165, 1.54) is 26.0 Å². The maximum absolute atomic E-state index is 13.1. The van der Waals surface area contributed by atoms with Crippen LogP contribution in [0.15, 0.2) is 16.9 Å². The Kier molecular flexibility index (Phi) is 5.69. The molecule has 10 heteroatoms. The third-order valence-corrected chi connectivity index (χ3v) is 6.97. The van der Waals surface area contributed by atoms with E-state index in [-0.39, 0.29) is 46.1 Å². The van der Waals surface area contributed by atoms with Gasteiger partial charge in [-0.1, -0.05) is 0 Å². The fourth-order valence-electron chi connectivity index (χ4n) is 4.27. The van der Waals surface area contributed by atoms with Crippen molar-refractivity contribution >= 4 is 23.5 Å². The predicted molar refractivity (Wildman–Crippen MR) is 117 cm³/mol. The second-order valence-electron chi connectivity index (χ2n) is 8.34. The largest absolute Gasteiger partial charge is 0.502 e. The normalized spacial score (nSPS) is 22.9. The van der Waals surface area contributed by atoms with Crippen LogP contribution in [0.3, 0.4) is 0 Å². The van der Waals surface area contributed by atoms with Gasteiger partial charge < -0.3 is 24.6 Å². The Morgan fingerprint density at radius 3 is 2.52 bits per heavy atom. The Bertz CT molecular complexity index is 1030. The van der Waals surface area contributed by atoms with Crippen LogP contribution in [0.2, 0.25) is 0 Å². The van der Waals surface area contributed by atoms with Crippen LogP contribution in [-0.2, 0) is 9.53 Å². The summed E-state index contributed by atoms with van der Waals surface area (Å²) in [6.07, 6.45) is 1.44. The van der Waals surface area contributed by atoms with Crippen molar-refractivity contribution in [3.05, 3.63) is 33.6 Å². The molecule has 4 rings (SSSR count). The lowest BCUT2D eigenvalue weighted by Crippen LogP contribution is -2.36. The number of phenolic OH excluding ortho intramolecular Hbond substituents is 1. The van der Waals surface area contributed by atoms with Crippen molar-refractivity contribution in [2.24, 2.45) is 0 Å². The highest BCUT2D eigenvalue weighted by Crippen LogP contribution is 2.46. The highest BCUT2D eigenvalue weighted by atomic mass is 32.2.